The first-order valence-electron chi connectivity index (χ1n) is 11.6. The Balaban J connectivity index is 2.09. The minimum Gasteiger partial charge on any atom is -0.504 e. The van der Waals surface area contributed by atoms with Crippen molar-refractivity contribution in [2.75, 3.05) is 5.32 Å². The van der Waals surface area contributed by atoms with Gasteiger partial charge in [-0.3, -0.25) is 5.32 Å². The SMILES string of the molecule is C=C(F)C=CC(=CC)CC1Nc2c(CC(=CC=CC)C(=C)C)nc(-c3ccc(O)c(O)c3)c[n+]2C1=O. The number of aromatic nitrogens is 2. The zero-order valence-electron chi connectivity index (χ0n) is 20.8. The summed E-state index contributed by atoms with van der Waals surface area (Å²) in [4.78, 5) is 18.3. The molecule has 0 amide bonds. The molecule has 2 aromatic rings. The normalized spacial score (nSPS) is 16.0. The van der Waals surface area contributed by atoms with Crippen molar-refractivity contribution in [3.63, 3.8) is 0 Å². The Morgan fingerprint density at radius 2 is 1.97 bits per heavy atom. The van der Waals surface area contributed by atoms with Gasteiger partial charge in [0.1, 0.15) is 23.4 Å². The molecule has 0 aliphatic carbocycles. The summed E-state index contributed by atoms with van der Waals surface area (Å²) in [6.07, 6.45) is 12.9. The highest BCUT2D eigenvalue weighted by atomic mass is 19.1. The quantitative estimate of drug-likeness (QED) is 0.233. The van der Waals surface area contributed by atoms with Crippen LogP contribution in [-0.4, -0.2) is 27.1 Å². The molecule has 1 unspecified atom stereocenters. The number of carbonyl (C=O) groups excluding carboxylic acids is 1. The number of rotatable bonds is 9. The van der Waals surface area contributed by atoms with Gasteiger partial charge in [-0.25, -0.2) is 14.2 Å². The minimum absolute atomic E-state index is 0.181. The maximum Gasteiger partial charge on any atom is 0.359 e. The van der Waals surface area contributed by atoms with E-state index in [4.69, 9.17) is 4.98 Å². The van der Waals surface area contributed by atoms with Gasteiger partial charge >= 0.3 is 11.7 Å². The van der Waals surface area contributed by atoms with E-state index in [0.29, 0.717) is 35.6 Å². The van der Waals surface area contributed by atoms with Gasteiger partial charge in [0.25, 0.3) is 0 Å². The van der Waals surface area contributed by atoms with E-state index in [1.165, 1.54) is 22.8 Å². The number of nitrogens with zero attached hydrogens (tertiary/aromatic N) is 2. The first-order chi connectivity index (χ1) is 17.1. The van der Waals surface area contributed by atoms with Crippen molar-refractivity contribution in [2.24, 2.45) is 0 Å². The van der Waals surface area contributed by atoms with E-state index in [1.54, 1.807) is 18.3 Å². The highest BCUT2D eigenvalue weighted by Crippen LogP contribution is 2.31. The van der Waals surface area contributed by atoms with Gasteiger partial charge < -0.3 is 10.2 Å². The van der Waals surface area contributed by atoms with Crippen LogP contribution in [-0.2, 0) is 6.42 Å². The Morgan fingerprint density at radius 3 is 2.58 bits per heavy atom. The lowest BCUT2D eigenvalue weighted by Crippen LogP contribution is -2.43. The summed E-state index contributed by atoms with van der Waals surface area (Å²) >= 11 is 0. The molecule has 186 valence electrons. The summed E-state index contributed by atoms with van der Waals surface area (Å²) in [6.45, 7) is 13.0. The molecule has 2 heterocycles. The van der Waals surface area contributed by atoms with Crippen LogP contribution in [0.3, 0.4) is 0 Å². The molecule has 0 spiro atoms. The Kier molecular flexibility index (Phi) is 8.38. The molecule has 0 fully saturated rings. The molecular formula is C29H31FN3O3+. The topological polar surface area (TPSA) is 86.3 Å². The van der Waals surface area contributed by atoms with Crippen LogP contribution < -0.4 is 9.88 Å². The van der Waals surface area contributed by atoms with Gasteiger partial charge in [-0.05, 0) is 56.2 Å². The van der Waals surface area contributed by atoms with Crippen LogP contribution in [0.5, 0.6) is 11.5 Å². The minimum atomic E-state index is -0.578. The van der Waals surface area contributed by atoms with Crippen molar-refractivity contribution < 1.29 is 24.0 Å². The number of fused-ring (bicyclic) bond motifs is 1. The second kappa shape index (κ2) is 11.4. The monoisotopic (exact) mass is 488 g/mol. The summed E-state index contributed by atoms with van der Waals surface area (Å²) in [5.74, 6) is -0.699. The number of phenols is 2. The van der Waals surface area contributed by atoms with E-state index < -0.39 is 11.9 Å². The fourth-order valence-corrected chi connectivity index (χ4v) is 3.82. The summed E-state index contributed by atoms with van der Waals surface area (Å²) in [7, 11) is 0. The van der Waals surface area contributed by atoms with Crippen molar-refractivity contribution in [3.05, 3.63) is 102 Å². The summed E-state index contributed by atoms with van der Waals surface area (Å²) in [6, 6.07) is 3.83. The predicted molar refractivity (Wildman–Crippen MR) is 140 cm³/mol. The van der Waals surface area contributed by atoms with Crippen LogP contribution in [0.1, 0.15) is 37.7 Å². The van der Waals surface area contributed by atoms with E-state index in [9.17, 15) is 19.4 Å². The maximum atomic E-state index is 13.4. The number of benzene rings is 1. The molecule has 1 atom stereocenters. The Hall–Kier alpha value is -4.26. The smallest absolute Gasteiger partial charge is 0.359 e. The molecule has 0 radical (unpaired) electrons. The van der Waals surface area contributed by atoms with Gasteiger partial charge in [-0.2, -0.15) is 4.57 Å². The molecule has 1 aliphatic heterocycles. The third-order valence-corrected chi connectivity index (χ3v) is 5.82. The zero-order chi connectivity index (χ0) is 26.4. The van der Waals surface area contributed by atoms with E-state index in [0.717, 1.165) is 16.7 Å². The highest BCUT2D eigenvalue weighted by molar-refractivity contribution is 5.83. The molecular weight excluding hydrogens is 457 g/mol. The molecule has 0 saturated carbocycles. The molecule has 3 N–H and O–H groups in total. The highest BCUT2D eigenvalue weighted by Gasteiger charge is 2.41. The number of hydrogen-bond donors (Lipinski definition) is 3. The van der Waals surface area contributed by atoms with Gasteiger partial charge in [-0.1, -0.05) is 49.1 Å². The van der Waals surface area contributed by atoms with Crippen molar-refractivity contribution in [1.82, 2.24) is 4.98 Å². The molecule has 7 heteroatoms. The van der Waals surface area contributed by atoms with Crippen LogP contribution in [0.4, 0.5) is 10.2 Å². The van der Waals surface area contributed by atoms with Gasteiger partial charge in [-0.15, -0.1) is 0 Å². The molecule has 1 aliphatic rings. The standard InChI is InChI=1S/C29H30FN3O3/c1-6-8-9-21(18(3)4)15-23-28-32-24(14-20(7-2)11-10-19(5)30)29(36)33(28)17-25(31-23)22-12-13-26(34)27(35)16-22/h6-13,16-17,24H,3,5,14-15H2,1-2,4H3,(H2,31,32,34,35)/p+1. The van der Waals surface area contributed by atoms with Crippen LogP contribution in [0, 0.1) is 0 Å². The third-order valence-electron chi connectivity index (χ3n) is 5.82. The fourth-order valence-electron chi connectivity index (χ4n) is 3.82. The molecule has 6 nitrogen and oxygen atoms in total. The van der Waals surface area contributed by atoms with Gasteiger partial charge in [0.15, 0.2) is 17.5 Å². The van der Waals surface area contributed by atoms with Crippen LogP contribution in [0.15, 0.2) is 96.6 Å². The van der Waals surface area contributed by atoms with Crippen molar-refractivity contribution in [1.29, 1.82) is 0 Å². The third kappa shape index (κ3) is 6.05. The fraction of sp³-hybridized carbons (Fsp3) is 0.207. The average molecular weight is 489 g/mol. The number of aromatic hydroxyl groups is 2. The number of halogens is 1. The van der Waals surface area contributed by atoms with Gasteiger partial charge in [0.05, 0.1) is 0 Å². The zero-order valence-corrected chi connectivity index (χ0v) is 20.8. The van der Waals surface area contributed by atoms with E-state index in [-0.39, 0.29) is 17.4 Å². The molecule has 3 rings (SSSR count). The Morgan fingerprint density at radius 1 is 1.22 bits per heavy atom. The first-order valence-corrected chi connectivity index (χ1v) is 11.6. The number of nitrogens with one attached hydrogen (secondary N) is 1. The molecule has 0 bridgehead atoms. The van der Waals surface area contributed by atoms with Gasteiger partial charge in [0.2, 0.25) is 0 Å². The number of carbonyl (C=O) groups is 1. The number of anilines is 1. The van der Waals surface area contributed by atoms with E-state index in [2.05, 4.69) is 18.5 Å². The average Bonchev–Trinajstić information content (AvgIpc) is 3.15. The molecule has 1 aromatic heterocycles. The predicted octanol–water partition coefficient (Wildman–Crippen LogP) is 5.88. The lowest BCUT2D eigenvalue weighted by Gasteiger charge is -2.10. The Bertz CT molecular complexity index is 1340. The molecule has 36 heavy (non-hydrogen) atoms. The van der Waals surface area contributed by atoms with E-state index in [1.807, 2.05) is 45.1 Å². The summed E-state index contributed by atoms with van der Waals surface area (Å²) < 4.78 is 14.7. The van der Waals surface area contributed by atoms with Crippen LogP contribution >= 0.6 is 0 Å². The largest absolute Gasteiger partial charge is 0.504 e. The van der Waals surface area contributed by atoms with Gasteiger partial charge in [0, 0.05) is 18.4 Å². The number of hydrogen-bond acceptors (Lipinski definition) is 5. The van der Waals surface area contributed by atoms with Crippen molar-refractivity contribution in [3.8, 4) is 22.8 Å². The summed E-state index contributed by atoms with van der Waals surface area (Å²) in [5.41, 5.74) is 4.24. The Labute approximate surface area is 210 Å². The summed E-state index contributed by atoms with van der Waals surface area (Å²) in [5, 5.41) is 23.0. The van der Waals surface area contributed by atoms with Crippen LogP contribution in [0.2, 0.25) is 0 Å². The van der Waals surface area contributed by atoms with E-state index >= 15 is 0 Å². The maximum absolute atomic E-state index is 13.4. The number of phenolic OH excluding ortho intramolecular Hbond substituents is 2. The van der Waals surface area contributed by atoms with Crippen molar-refractivity contribution in [2.45, 2.75) is 39.7 Å². The molecule has 0 saturated heterocycles. The second-order valence-electron chi connectivity index (χ2n) is 8.55. The van der Waals surface area contributed by atoms with Crippen molar-refractivity contribution >= 4 is 11.7 Å². The number of allylic oxidation sites excluding steroid dienone is 9. The molecule has 1 aromatic carbocycles. The van der Waals surface area contributed by atoms with Crippen LogP contribution in [0.25, 0.3) is 11.3 Å². The first kappa shape index (κ1) is 26.3. The lowest BCUT2D eigenvalue weighted by molar-refractivity contribution is -0.552. The second-order valence-corrected chi connectivity index (χ2v) is 8.55. The lowest BCUT2D eigenvalue weighted by atomic mass is 10.0.